The molecule has 4 heterocycles. The lowest BCUT2D eigenvalue weighted by Crippen LogP contribution is -2.48. The molecule has 1 saturated heterocycles. The molecular formula is C28H29N5O3S. The van der Waals surface area contributed by atoms with E-state index in [0.29, 0.717) is 13.2 Å². The largest absolute Gasteiger partial charge is 0.444 e. The maximum absolute atomic E-state index is 12.6. The number of amides is 1. The third-order valence-corrected chi connectivity index (χ3v) is 7.83. The molecule has 6 rings (SSSR count). The van der Waals surface area contributed by atoms with E-state index in [0.717, 1.165) is 57.8 Å². The third kappa shape index (κ3) is 5.10. The molecule has 2 aromatic heterocycles. The molecule has 190 valence electrons. The molecule has 9 heteroatoms. The maximum atomic E-state index is 12.6. The van der Waals surface area contributed by atoms with Crippen molar-refractivity contribution in [3.05, 3.63) is 77.3 Å². The first kappa shape index (κ1) is 23.7. The van der Waals surface area contributed by atoms with E-state index >= 15 is 0 Å². The molecule has 0 aliphatic carbocycles. The van der Waals surface area contributed by atoms with Gasteiger partial charge in [0.05, 0.1) is 31.1 Å². The highest BCUT2D eigenvalue weighted by Gasteiger charge is 2.35. The van der Waals surface area contributed by atoms with Gasteiger partial charge in [0.2, 0.25) is 0 Å². The molecule has 0 radical (unpaired) electrons. The third-order valence-electron chi connectivity index (χ3n) is 6.69. The number of nitrogens with one attached hydrogen (secondary N) is 2. The minimum atomic E-state index is -0.276. The summed E-state index contributed by atoms with van der Waals surface area (Å²) in [4.78, 5) is 24.6. The zero-order valence-electron chi connectivity index (χ0n) is 20.9. The maximum Gasteiger partial charge on any atom is 0.263 e. The van der Waals surface area contributed by atoms with Crippen molar-refractivity contribution in [3.8, 4) is 11.3 Å². The van der Waals surface area contributed by atoms with Gasteiger partial charge in [-0.3, -0.25) is 4.79 Å². The standard InChI is InChI=1S/C28H29N5O3S/c1-28(2)14-23-25(26(34)32-28)37-27(31-23)33-9-10-35-16-22(33)12-18-5-3-7-20(11-18)30-21-8-4-6-19(13-21)24-15-29-17-36-24/h3-8,11,13,15,17,22,30H,9-10,12,14,16H2,1-2H3,(H,32,34). The molecule has 1 atom stereocenters. The summed E-state index contributed by atoms with van der Waals surface area (Å²) in [5.74, 6) is 0.714. The van der Waals surface area contributed by atoms with Gasteiger partial charge in [0.25, 0.3) is 5.91 Å². The number of benzene rings is 2. The van der Waals surface area contributed by atoms with Crippen LogP contribution < -0.4 is 15.5 Å². The van der Waals surface area contributed by atoms with E-state index in [1.165, 1.54) is 23.3 Å². The van der Waals surface area contributed by atoms with E-state index in [-0.39, 0.29) is 17.5 Å². The fourth-order valence-electron chi connectivity index (χ4n) is 4.99. The average molecular weight is 516 g/mol. The van der Waals surface area contributed by atoms with Crippen molar-refractivity contribution in [2.24, 2.45) is 0 Å². The van der Waals surface area contributed by atoms with Crippen LogP contribution >= 0.6 is 11.3 Å². The van der Waals surface area contributed by atoms with Crippen LogP contribution in [-0.2, 0) is 17.6 Å². The van der Waals surface area contributed by atoms with Gasteiger partial charge < -0.3 is 24.7 Å². The Morgan fingerprint density at radius 1 is 1.19 bits per heavy atom. The molecule has 2 aliphatic heterocycles. The van der Waals surface area contributed by atoms with E-state index in [1.54, 1.807) is 6.20 Å². The van der Waals surface area contributed by atoms with Crippen LogP contribution in [0.1, 0.15) is 34.8 Å². The predicted octanol–water partition coefficient (Wildman–Crippen LogP) is 5.05. The number of ether oxygens (including phenoxy) is 1. The molecule has 0 saturated carbocycles. The number of thiazole rings is 1. The van der Waals surface area contributed by atoms with Crippen LogP contribution in [0.5, 0.6) is 0 Å². The first-order chi connectivity index (χ1) is 17.9. The fraction of sp³-hybridized carbons (Fsp3) is 0.321. The first-order valence-electron chi connectivity index (χ1n) is 12.4. The summed E-state index contributed by atoms with van der Waals surface area (Å²) in [7, 11) is 0. The average Bonchev–Trinajstić information content (AvgIpc) is 3.55. The van der Waals surface area contributed by atoms with Gasteiger partial charge in [-0.05, 0) is 50.1 Å². The van der Waals surface area contributed by atoms with Gasteiger partial charge in [0.1, 0.15) is 4.88 Å². The molecule has 1 fully saturated rings. The molecule has 0 spiro atoms. The summed E-state index contributed by atoms with van der Waals surface area (Å²) < 4.78 is 11.3. The predicted molar refractivity (Wildman–Crippen MR) is 145 cm³/mol. The molecule has 1 amide bonds. The van der Waals surface area contributed by atoms with Crippen molar-refractivity contribution in [3.63, 3.8) is 0 Å². The number of carbonyl (C=O) groups is 1. The molecule has 1 unspecified atom stereocenters. The van der Waals surface area contributed by atoms with E-state index < -0.39 is 0 Å². The Morgan fingerprint density at radius 3 is 2.86 bits per heavy atom. The zero-order valence-corrected chi connectivity index (χ0v) is 21.7. The topological polar surface area (TPSA) is 92.5 Å². The lowest BCUT2D eigenvalue weighted by Gasteiger charge is -2.35. The van der Waals surface area contributed by atoms with Crippen LogP contribution in [0, 0.1) is 0 Å². The van der Waals surface area contributed by atoms with Gasteiger partial charge in [-0.15, -0.1) is 0 Å². The van der Waals surface area contributed by atoms with E-state index in [9.17, 15) is 4.79 Å². The number of hydrogen-bond acceptors (Lipinski definition) is 8. The summed E-state index contributed by atoms with van der Waals surface area (Å²) in [5.41, 5.74) is 4.79. The van der Waals surface area contributed by atoms with E-state index in [1.807, 2.05) is 38.1 Å². The number of anilines is 3. The number of morpholine rings is 1. The number of hydrogen-bond donors (Lipinski definition) is 2. The zero-order chi connectivity index (χ0) is 25.4. The Hall–Kier alpha value is -3.69. The monoisotopic (exact) mass is 515 g/mol. The number of fused-ring (bicyclic) bond motifs is 1. The Morgan fingerprint density at radius 2 is 2.03 bits per heavy atom. The number of nitrogens with zero attached hydrogens (tertiary/aromatic N) is 3. The number of carbonyl (C=O) groups excluding carboxylic acids is 1. The molecule has 2 aliphatic rings. The second-order valence-corrected chi connectivity index (χ2v) is 11.2. The Bertz CT molecular complexity index is 1410. The summed E-state index contributed by atoms with van der Waals surface area (Å²) >= 11 is 1.49. The van der Waals surface area contributed by atoms with Crippen molar-refractivity contribution >= 4 is 33.8 Å². The molecule has 8 nitrogen and oxygen atoms in total. The Labute approximate surface area is 219 Å². The second-order valence-electron chi connectivity index (χ2n) is 10.2. The summed E-state index contributed by atoms with van der Waals surface area (Å²) in [6.07, 6.45) is 4.71. The summed E-state index contributed by atoms with van der Waals surface area (Å²) in [6, 6.07) is 16.7. The minimum Gasteiger partial charge on any atom is -0.444 e. The van der Waals surface area contributed by atoms with Crippen LogP contribution in [0.15, 0.2) is 65.5 Å². The van der Waals surface area contributed by atoms with Crippen molar-refractivity contribution in [2.75, 3.05) is 30.0 Å². The number of aromatic nitrogens is 2. The van der Waals surface area contributed by atoms with Gasteiger partial charge in [0.15, 0.2) is 17.3 Å². The molecule has 2 N–H and O–H groups in total. The van der Waals surface area contributed by atoms with Crippen molar-refractivity contribution in [2.45, 2.75) is 38.3 Å². The highest BCUT2D eigenvalue weighted by Crippen LogP contribution is 2.34. The molecule has 37 heavy (non-hydrogen) atoms. The minimum absolute atomic E-state index is 0.0223. The molecule has 0 bridgehead atoms. The van der Waals surface area contributed by atoms with Gasteiger partial charge in [0, 0.05) is 35.4 Å². The lowest BCUT2D eigenvalue weighted by atomic mass is 9.94. The molecule has 2 aromatic carbocycles. The van der Waals surface area contributed by atoms with E-state index in [4.69, 9.17) is 14.1 Å². The van der Waals surface area contributed by atoms with Crippen LogP contribution in [0.2, 0.25) is 0 Å². The second kappa shape index (κ2) is 9.64. The SMILES string of the molecule is CC1(C)Cc2nc(N3CCOCC3Cc3cccc(Nc4cccc(-c5cnco5)c4)c3)sc2C(=O)N1. The van der Waals surface area contributed by atoms with Crippen LogP contribution in [0.4, 0.5) is 16.5 Å². The van der Waals surface area contributed by atoms with Gasteiger partial charge >= 0.3 is 0 Å². The van der Waals surface area contributed by atoms with Gasteiger partial charge in [-0.25, -0.2) is 9.97 Å². The Balaban J connectivity index is 1.19. The Kier molecular flexibility index (Phi) is 6.18. The number of oxazole rings is 1. The van der Waals surface area contributed by atoms with Crippen LogP contribution in [0.25, 0.3) is 11.3 Å². The fourth-order valence-corrected chi connectivity index (χ4v) is 6.06. The molecular weight excluding hydrogens is 486 g/mol. The first-order valence-corrected chi connectivity index (χ1v) is 13.3. The van der Waals surface area contributed by atoms with Crippen molar-refractivity contribution in [1.82, 2.24) is 15.3 Å². The normalized spacial score (nSPS) is 18.8. The van der Waals surface area contributed by atoms with Crippen molar-refractivity contribution < 1.29 is 13.9 Å². The van der Waals surface area contributed by atoms with Gasteiger partial charge in [-0.2, -0.15) is 0 Å². The van der Waals surface area contributed by atoms with Crippen LogP contribution in [0.3, 0.4) is 0 Å². The van der Waals surface area contributed by atoms with Crippen LogP contribution in [-0.4, -0.2) is 47.2 Å². The summed E-state index contributed by atoms with van der Waals surface area (Å²) in [5, 5.41) is 7.51. The van der Waals surface area contributed by atoms with Crippen molar-refractivity contribution in [1.29, 1.82) is 0 Å². The smallest absolute Gasteiger partial charge is 0.263 e. The summed E-state index contributed by atoms with van der Waals surface area (Å²) in [6.45, 7) is 6.11. The number of rotatable bonds is 6. The highest BCUT2D eigenvalue weighted by atomic mass is 32.1. The van der Waals surface area contributed by atoms with E-state index in [2.05, 4.69) is 44.8 Å². The quantitative estimate of drug-likeness (QED) is 0.371. The lowest BCUT2D eigenvalue weighted by molar-refractivity contribution is 0.0900. The molecule has 4 aromatic rings. The highest BCUT2D eigenvalue weighted by molar-refractivity contribution is 7.17. The van der Waals surface area contributed by atoms with Gasteiger partial charge in [-0.1, -0.05) is 35.6 Å².